The minimum absolute atomic E-state index is 0.0204. The van der Waals surface area contributed by atoms with Crippen LogP contribution in [0.1, 0.15) is 5.56 Å². The highest BCUT2D eigenvalue weighted by Crippen LogP contribution is 2.37. The molecule has 0 amide bonds. The standard InChI is InChI=1S/C20H14FN2O/c1-12-10-15-13-7-8-16(22-2)19(21)20(13)24-18(15)11-14(12)17-6-4-5-9-23(17)3/h4-11H,1,3H3/q+1. The Morgan fingerprint density at radius 3 is 2.71 bits per heavy atom. The van der Waals surface area contributed by atoms with Crippen LogP contribution < -0.4 is 4.57 Å². The monoisotopic (exact) mass is 317 g/mol. The Balaban J connectivity index is 2.06. The Labute approximate surface area is 138 Å². The molecule has 2 aromatic carbocycles. The molecule has 0 spiro atoms. The molecule has 2 heterocycles. The second-order valence-corrected chi connectivity index (χ2v) is 5.85. The van der Waals surface area contributed by atoms with Gasteiger partial charge in [-0.05, 0) is 30.7 Å². The first-order valence-corrected chi connectivity index (χ1v) is 7.58. The van der Waals surface area contributed by atoms with Crippen LogP contribution in [0.3, 0.4) is 0 Å². The van der Waals surface area contributed by atoms with Gasteiger partial charge in [-0.25, -0.2) is 13.8 Å². The first-order chi connectivity index (χ1) is 11.6. The number of aromatic nitrogens is 1. The highest BCUT2D eigenvalue weighted by Gasteiger charge is 2.18. The van der Waals surface area contributed by atoms with E-state index in [4.69, 9.17) is 11.0 Å². The molecule has 4 rings (SSSR count). The van der Waals surface area contributed by atoms with E-state index in [2.05, 4.69) is 4.85 Å². The summed E-state index contributed by atoms with van der Waals surface area (Å²) in [6.45, 7) is 9.07. The lowest BCUT2D eigenvalue weighted by Gasteiger charge is -2.04. The summed E-state index contributed by atoms with van der Waals surface area (Å²) in [5.41, 5.74) is 3.92. The summed E-state index contributed by atoms with van der Waals surface area (Å²) in [6.07, 6.45) is 1.99. The topological polar surface area (TPSA) is 21.4 Å². The van der Waals surface area contributed by atoms with Crippen molar-refractivity contribution in [2.24, 2.45) is 7.05 Å². The van der Waals surface area contributed by atoms with E-state index in [1.165, 1.54) is 6.07 Å². The largest absolute Gasteiger partial charge is 0.454 e. The number of aryl methyl sites for hydroxylation is 2. The number of furan rings is 1. The predicted octanol–water partition coefficient (Wildman–Crippen LogP) is 5.08. The van der Waals surface area contributed by atoms with Crippen molar-refractivity contribution in [3.05, 3.63) is 71.5 Å². The van der Waals surface area contributed by atoms with Gasteiger partial charge in [-0.1, -0.05) is 12.1 Å². The quantitative estimate of drug-likeness (QED) is 0.354. The molecular weight excluding hydrogens is 303 g/mol. The molecule has 0 aliphatic heterocycles. The zero-order valence-corrected chi connectivity index (χ0v) is 13.3. The van der Waals surface area contributed by atoms with Crippen LogP contribution in [0.5, 0.6) is 0 Å². The van der Waals surface area contributed by atoms with Crippen molar-refractivity contribution < 1.29 is 13.4 Å². The Bertz CT molecular complexity index is 1150. The maximum absolute atomic E-state index is 14.4. The first-order valence-electron chi connectivity index (χ1n) is 7.58. The second kappa shape index (κ2) is 5.17. The van der Waals surface area contributed by atoms with E-state index in [1.54, 1.807) is 6.07 Å². The SMILES string of the molecule is [C-]#[N+]c1ccc2c(oc3cc(-c4cccc[n+]4C)c(C)cc32)c1F. The molecule has 116 valence electrons. The number of hydrogen-bond donors (Lipinski definition) is 0. The smallest absolute Gasteiger partial charge is 0.225 e. The molecule has 0 aliphatic rings. The second-order valence-electron chi connectivity index (χ2n) is 5.85. The molecule has 0 N–H and O–H groups in total. The van der Waals surface area contributed by atoms with Gasteiger partial charge in [0.25, 0.3) is 0 Å². The van der Waals surface area contributed by atoms with E-state index in [1.807, 2.05) is 55.1 Å². The molecule has 0 saturated carbocycles. The van der Waals surface area contributed by atoms with Gasteiger partial charge >= 0.3 is 0 Å². The molecule has 2 aromatic heterocycles. The molecule has 24 heavy (non-hydrogen) atoms. The van der Waals surface area contributed by atoms with Gasteiger partial charge in [0.2, 0.25) is 11.4 Å². The summed E-state index contributed by atoms with van der Waals surface area (Å²) in [7, 11) is 1.99. The molecule has 0 atom stereocenters. The summed E-state index contributed by atoms with van der Waals surface area (Å²) in [6, 6.07) is 13.2. The first kappa shape index (κ1) is 14.4. The van der Waals surface area contributed by atoms with Crippen molar-refractivity contribution in [3.8, 4) is 11.3 Å². The third kappa shape index (κ3) is 1.99. The minimum atomic E-state index is -0.594. The average Bonchev–Trinajstić information content (AvgIpc) is 2.94. The normalized spacial score (nSPS) is 11.1. The molecule has 3 nitrogen and oxygen atoms in total. The van der Waals surface area contributed by atoms with Crippen molar-refractivity contribution >= 4 is 27.6 Å². The maximum Gasteiger partial charge on any atom is 0.225 e. The Hall–Kier alpha value is -3.19. The lowest BCUT2D eigenvalue weighted by Crippen LogP contribution is -2.30. The zero-order chi connectivity index (χ0) is 16.8. The lowest BCUT2D eigenvalue weighted by molar-refractivity contribution is -0.660. The van der Waals surface area contributed by atoms with E-state index < -0.39 is 5.82 Å². The summed E-state index contributed by atoms with van der Waals surface area (Å²) < 4.78 is 22.2. The third-order valence-electron chi connectivity index (χ3n) is 4.36. The van der Waals surface area contributed by atoms with Crippen LogP contribution in [0.2, 0.25) is 0 Å². The van der Waals surface area contributed by atoms with Gasteiger partial charge in [0.15, 0.2) is 17.6 Å². The maximum atomic E-state index is 14.4. The fourth-order valence-electron chi connectivity index (χ4n) is 3.12. The molecule has 0 saturated heterocycles. The van der Waals surface area contributed by atoms with E-state index in [-0.39, 0.29) is 11.3 Å². The predicted molar refractivity (Wildman–Crippen MR) is 91.3 cm³/mol. The number of pyridine rings is 1. The fourth-order valence-corrected chi connectivity index (χ4v) is 3.12. The van der Waals surface area contributed by atoms with Crippen LogP contribution in [0.25, 0.3) is 38.0 Å². The van der Waals surface area contributed by atoms with Crippen LogP contribution in [-0.2, 0) is 7.05 Å². The Morgan fingerprint density at radius 2 is 1.96 bits per heavy atom. The van der Waals surface area contributed by atoms with Gasteiger partial charge in [-0.3, -0.25) is 0 Å². The Morgan fingerprint density at radius 1 is 1.12 bits per heavy atom. The lowest BCUT2D eigenvalue weighted by atomic mass is 10.0. The van der Waals surface area contributed by atoms with Crippen molar-refractivity contribution in [1.29, 1.82) is 0 Å². The highest BCUT2D eigenvalue weighted by molar-refractivity contribution is 6.07. The average molecular weight is 317 g/mol. The van der Waals surface area contributed by atoms with Crippen molar-refractivity contribution in [2.75, 3.05) is 0 Å². The van der Waals surface area contributed by atoms with Gasteiger partial charge in [-0.2, -0.15) is 0 Å². The molecule has 0 fully saturated rings. The van der Waals surface area contributed by atoms with E-state index in [0.717, 1.165) is 22.2 Å². The molecule has 4 aromatic rings. The molecule has 0 unspecified atom stereocenters. The molecule has 0 bridgehead atoms. The minimum Gasteiger partial charge on any atom is -0.454 e. The van der Waals surface area contributed by atoms with Crippen LogP contribution in [0.15, 0.2) is 53.1 Å². The zero-order valence-electron chi connectivity index (χ0n) is 13.3. The van der Waals surface area contributed by atoms with E-state index >= 15 is 0 Å². The van der Waals surface area contributed by atoms with Crippen molar-refractivity contribution in [1.82, 2.24) is 0 Å². The Kier molecular flexibility index (Phi) is 3.10. The molecule has 0 aliphatic carbocycles. The highest BCUT2D eigenvalue weighted by atomic mass is 19.1. The number of hydrogen-bond acceptors (Lipinski definition) is 1. The van der Waals surface area contributed by atoms with Crippen LogP contribution >= 0.6 is 0 Å². The summed E-state index contributed by atoms with van der Waals surface area (Å²) in [4.78, 5) is 3.20. The number of halogens is 1. The van der Waals surface area contributed by atoms with E-state index in [9.17, 15) is 4.39 Å². The van der Waals surface area contributed by atoms with Crippen LogP contribution in [0.4, 0.5) is 10.1 Å². The number of rotatable bonds is 1. The number of benzene rings is 2. The van der Waals surface area contributed by atoms with Gasteiger partial charge < -0.3 is 4.42 Å². The van der Waals surface area contributed by atoms with Crippen molar-refractivity contribution in [2.45, 2.75) is 6.92 Å². The number of fused-ring (bicyclic) bond motifs is 3. The van der Waals surface area contributed by atoms with Crippen LogP contribution in [0, 0.1) is 19.3 Å². The van der Waals surface area contributed by atoms with E-state index in [0.29, 0.717) is 11.0 Å². The molecule has 4 heteroatoms. The van der Waals surface area contributed by atoms with Crippen molar-refractivity contribution in [3.63, 3.8) is 0 Å². The van der Waals surface area contributed by atoms with Gasteiger partial charge in [-0.15, -0.1) is 0 Å². The summed E-state index contributed by atoms with van der Waals surface area (Å²) >= 11 is 0. The number of nitrogens with zero attached hydrogens (tertiary/aromatic N) is 2. The summed E-state index contributed by atoms with van der Waals surface area (Å²) in [5.74, 6) is -0.594. The summed E-state index contributed by atoms with van der Waals surface area (Å²) in [5, 5.41) is 1.56. The molecular formula is C20H14FN2O+. The van der Waals surface area contributed by atoms with Gasteiger partial charge in [0.1, 0.15) is 12.6 Å². The molecule has 0 radical (unpaired) electrons. The fraction of sp³-hybridized carbons (Fsp3) is 0.100. The van der Waals surface area contributed by atoms with Gasteiger partial charge in [0, 0.05) is 22.9 Å². The third-order valence-corrected chi connectivity index (χ3v) is 4.36. The van der Waals surface area contributed by atoms with Gasteiger partial charge in [0.05, 0.1) is 12.1 Å². The van der Waals surface area contributed by atoms with Crippen LogP contribution in [-0.4, -0.2) is 0 Å².